The Morgan fingerprint density at radius 1 is 1.25 bits per heavy atom. The second-order valence-electron chi connectivity index (χ2n) is 6.40. The molecule has 0 aliphatic heterocycles. The van der Waals surface area contributed by atoms with E-state index in [0.29, 0.717) is 17.8 Å². The number of ether oxygens (including phenoxy) is 1. The number of carbonyl (C=O) groups excluding carboxylic acids is 1. The van der Waals surface area contributed by atoms with E-state index < -0.39 is 0 Å². The van der Waals surface area contributed by atoms with Crippen molar-refractivity contribution < 1.29 is 9.53 Å². The molecule has 0 aliphatic rings. The van der Waals surface area contributed by atoms with Gasteiger partial charge in [-0.05, 0) is 58.1 Å². The Morgan fingerprint density at radius 3 is 2.75 bits per heavy atom. The van der Waals surface area contributed by atoms with Gasteiger partial charge in [-0.15, -0.1) is 0 Å². The van der Waals surface area contributed by atoms with Crippen LogP contribution in [0.4, 0.5) is 0 Å². The monoisotopic (exact) mass is 325 g/mol. The van der Waals surface area contributed by atoms with Crippen LogP contribution >= 0.6 is 0 Å². The highest BCUT2D eigenvalue weighted by Crippen LogP contribution is 2.24. The van der Waals surface area contributed by atoms with Crippen LogP contribution in [-0.2, 0) is 4.74 Å². The molecule has 0 fully saturated rings. The van der Waals surface area contributed by atoms with Crippen molar-refractivity contribution in [1.29, 1.82) is 0 Å². The Balaban J connectivity index is 1.99. The fourth-order valence-electron chi connectivity index (χ4n) is 3.05. The van der Waals surface area contributed by atoms with Crippen molar-refractivity contribution in [3.8, 4) is 0 Å². The maximum Gasteiger partial charge on any atom is 0.342 e. The Bertz CT molecular complexity index is 896. The van der Waals surface area contributed by atoms with E-state index in [-0.39, 0.29) is 5.97 Å². The maximum absolute atomic E-state index is 12.6. The lowest BCUT2D eigenvalue weighted by atomic mass is 10.1. The highest BCUT2D eigenvalue weighted by molar-refractivity contribution is 5.99. The minimum absolute atomic E-state index is 0.299. The fourth-order valence-corrected chi connectivity index (χ4v) is 3.05. The van der Waals surface area contributed by atoms with Crippen LogP contribution in [0.1, 0.15) is 28.0 Å². The van der Waals surface area contributed by atoms with Gasteiger partial charge in [0.15, 0.2) is 5.65 Å². The van der Waals surface area contributed by atoms with Crippen LogP contribution in [0.5, 0.6) is 0 Å². The summed E-state index contributed by atoms with van der Waals surface area (Å²) in [7, 11) is 4.01. The van der Waals surface area contributed by atoms with Gasteiger partial charge in [0.1, 0.15) is 5.56 Å². The lowest BCUT2D eigenvalue weighted by Gasteiger charge is -2.12. The topological polar surface area (TPSA) is 46.8 Å². The van der Waals surface area contributed by atoms with Gasteiger partial charge >= 0.3 is 5.97 Å². The van der Waals surface area contributed by atoms with Crippen LogP contribution in [0, 0.1) is 13.8 Å². The van der Waals surface area contributed by atoms with Gasteiger partial charge in [-0.1, -0.05) is 12.1 Å². The summed E-state index contributed by atoms with van der Waals surface area (Å²) in [6.07, 6.45) is 0.816. The molecule has 3 aromatic rings. The molecule has 0 N–H and O–H groups in total. The highest BCUT2D eigenvalue weighted by Gasteiger charge is 2.20. The molecule has 0 saturated heterocycles. The van der Waals surface area contributed by atoms with E-state index in [1.165, 1.54) is 0 Å². The molecule has 2 heterocycles. The summed E-state index contributed by atoms with van der Waals surface area (Å²) in [5.74, 6) is -0.299. The van der Waals surface area contributed by atoms with Gasteiger partial charge in [-0.3, -0.25) is 4.40 Å². The number of esters is 1. The molecule has 2 aromatic heterocycles. The van der Waals surface area contributed by atoms with Crippen LogP contribution < -0.4 is 0 Å². The zero-order valence-electron chi connectivity index (χ0n) is 14.7. The Kier molecular flexibility index (Phi) is 4.53. The first-order valence-corrected chi connectivity index (χ1v) is 8.18. The number of hydrogen-bond acceptors (Lipinski definition) is 4. The molecule has 0 radical (unpaired) electrons. The van der Waals surface area contributed by atoms with E-state index in [1.807, 2.05) is 62.7 Å². The molecule has 0 atom stereocenters. The number of aryl methyl sites for hydroxylation is 2. The number of nitrogens with zero attached hydrogens (tertiary/aromatic N) is 3. The third-order valence-electron chi connectivity index (χ3n) is 4.14. The van der Waals surface area contributed by atoms with Crippen molar-refractivity contribution in [2.75, 3.05) is 27.2 Å². The highest BCUT2D eigenvalue weighted by atomic mass is 16.5. The first-order chi connectivity index (χ1) is 11.5. The van der Waals surface area contributed by atoms with Gasteiger partial charge in [-0.2, -0.15) is 0 Å². The lowest BCUT2D eigenvalue weighted by Crippen LogP contribution is -2.17. The molecule has 0 amide bonds. The second kappa shape index (κ2) is 6.61. The maximum atomic E-state index is 12.6. The predicted molar refractivity (Wildman–Crippen MR) is 95.6 cm³/mol. The number of imidazole rings is 1. The van der Waals surface area contributed by atoms with Crippen molar-refractivity contribution in [2.45, 2.75) is 20.3 Å². The number of para-hydroxylation sites is 2. The summed E-state index contributed by atoms with van der Waals surface area (Å²) < 4.78 is 7.51. The smallest absolute Gasteiger partial charge is 0.342 e. The average Bonchev–Trinajstić information content (AvgIpc) is 2.90. The number of benzene rings is 1. The summed E-state index contributed by atoms with van der Waals surface area (Å²) in [5.41, 5.74) is 5.07. The van der Waals surface area contributed by atoms with Crippen LogP contribution in [0.3, 0.4) is 0 Å². The molecule has 24 heavy (non-hydrogen) atoms. The zero-order chi connectivity index (χ0) is 17.3. The Morgan fingerprint density at radius 2 is 2.00 bits per heavy atom. The van der Waals surface area contributed by atoms with E-state index >= 15 is 0 Å². The largest absolute Gasteiger partial charge is 0.462 e. The van der Waals surface area contributed by atoms with Crippen LogP contribution in [-0.4, -0.2) is 47.5 Å². The first-order valence-electron chi connectivity index (χ1n) is 8.18. The molecule has 0 aliphatic carbocycles. The van der Waals surface area contributed by atoms with Crippen molar-refractivity contribution in [3.63, 3.8) is 0 Å². The molecular weight excluding hydrogens is 302 g/mol. The lowest BCUT2D eigenvalue weighted by molar-refractivity contribution is 0.0494. The minimum Gasteiger partial charge on any atom is -0.462 e. The number of rotatable bonds is 5. The molecule has 5 nitrogen and oxygen atoms in total. The number of hydrogen-bond donors (Lipinski definition) is 0. The number of carbonyl (C=O) groups is 1. The number of fused-ring (bicyclic) bond motifs is 3. The summed E-state index contributed by atoms with van der Waals surface area (Å²) in [6, 6.07) is 9.93. The van der Waals surface area contributed by atoms with Crippen molar-refractivity contribution in [3.05, 3.63) is 47.2 Å². The number of aromatic nitrogens is 2. The average molecular weight is 325 g/mol. The fraction of sp³-hybridized carbons (Fsp3) is 0.368. The SMILES string of the molecule is Cc1cc(C)n2c(nc3ccccc32)c1C(=O)OCCCN(C)C. The minimum atomic E-state index is -0.299. The van der Waals surface area contributed by atoms with Crippen LogP contribution in [0.2, 0.25) is 0 Å². The molecule has 1 aromatic carbocycles. The Hall–Kier alpha value is -2.40. The Labute approximate surface area is 141 Å². The van der Waals surface area contributed by atoms with Gasteiger partial charge in [0.05, 0.1) is 17.6 Å². The van der Waals surface area contributed by atoms with Crippen LogP contribution in [0.15, 0.2) is 30.3 Å². The molecular formula is C19H23N3O2. The summed E-state index contributed by atoms with van der Waals surface area (Å²) in [4.78, 5) is 19.4. The summed E-state index contributed by atoms with van der Waals surface area (Å²) in [5, 5.41) is 0. The van der Waals surface area contributed by atoms with E-state index in [2.05, 4.69) is 9.88 Å². The van der Waals surface area contributed by atoms with Crippen molar-refractivity contribution >= 4 is 22.6 Å². The molecule has 0 spiro atoms. The van der Waals surface area contributed by atoms with Crippen molar-refractivity contribution in [2.24, 2.45) is 0 Å². The third kappa shape index (κ3) is 2.99. The molecule has 0 bridgehead atoms. The van der Waals surface area contributed by atoms with E-state index in [4.69, 9.17) is 4.74 Å². The van der Waals surface area contributed by atoms with Gasteiger partial charge in [-0.25, -0.2) is 9.78 Å². The third-order valence-corrected chi connectivity index (χ3v) is 4.14. The van der Waals surface area contributed by atoms with Crippen molar-refractivity contribution in [1.82, 2.24) is 14.3 Å². The van der Waals surface area contributed by atoms with E-state index in [0.717, 1.165) is 35.3 Å². The normalized spacial score (nSPS) is 11.5. The second-order valence-corrected chi connectivity index (χ2v) is 6.40. The molecule has 0 saturated carbocycles. The predicted octanol–water partition coefficient (Wildman–Crippen LogP) is 3.21. The van der Waals surface area contributed by atoms with E-state index in [9.17, 15) is 4.79 Å². The molecule has 126 valence electrons. The van der Waals surface area contributed by atoms with Gasteiger partial charge in [0, 0.05) is 12.2 Å². The molecule has 5 heteroatoms. The number of pyridine rings is 1. The zero-order valence-corrected chi connectivity index (χ0v) is 14.7. The van der Waals surface area contributed by atoms with E-state index in [1.54, 1.807) is 0 Å². The first kappa shape index (κ1) is 16.5. The van der Waals surface area contributed by atoms with Crippen LogP contribution in [0.25, 0.3) is 16.7 Å². The molecule has 3 rings (SSSR count). The van der Waals surface area contributed by atoms with Gasteiger partial charge < -0.3 is 9.64 Å². The standard InChI is InChI=1S/C19H23N3O2/c1-13-12-14(2)22-16-9-6-5-8-15(16)20-18(22)17(13)19(23)24-11-7-10-21(3)4/h5-6,8-9,12H,7,10-11H2,1-4H3. The van der Waals surface area contributed by atoms with Gasteiger partial charge in [0.25, 0.3) is 0 Å². The molecule has 0 unspecified atom stereocenters. The summed E-state index contributed by atoms with van der Waals surface area (Å²) >= 11 is 0. The quantitative estimate of drug-likeness (QED) is 0.534. The summed E-state index contributed by atoms with van der Waals surface area (Å²) in [6.45, 7) is 5.27. The van der Waals surface area contributed by atoms with Gasteiger partial charge in [0.2, 0.25) is 0 Å².